The van der Waals surface area contributed by atoms with Crippen molar-refractivity contribution in [1.29, 1.82) is 0 Å². The van der Waals surface area contributed by atoms with Crippen LogP contribution >= 0.6 is 34.4 Å². The highest BCUT2D eigenvalue weighted by Crippen LogP contribution is 2.38. The second kappa shape index (κ2) is 6.11. The van der Waals surface area contributed by atoms with E-state index in [4.69, 9.17) is 4.98 Å². The van der Waals surface area contributed by atoms with Gasteiger partial charge < -0.3 is 5.32 Å². The molecule has 20 heavy (non-hydrogen) atoms. The van der Waals surface area contributed by atoms with Crippen LogP contribution in [0.25, 0.3) is 20.7 Å². The van der Waals surface area contributed by atoms with Crippen molar-refractivity contribution in [2.75, 3.05) is 18.1 Å². The van der Waals surface area contributed by atoms with Crippen molar-refractivity contribution >= 4 is 50.5 Å². The molecule has 3 nitrogen and oxygen atoms in total. The largest absolute Gasteiger partial charge is 0.370 e. The van der Waals surface area contributed by atoms with E-state index >= 15 is 0 Å². The molecule has 6 heteroatoms. The van der Waals surface area contributed by atoms with Gasteiger partial charge in [-0.25, -0.2) is 9.97 Å². The van der Waals surface area contributed by atoms with Gasteiger partial charge in [0.25, 0.3) is 0 Å². The van der Waals surface area contributed by atoms with Crippen LogP contribution in [0.15, 0.2) is 22.9 Å². The standard InChI is InChI=1S/C14H15N3S3/c1-3-15-13-12-9(10-5-4-6-19-10)7-20-14(12)17-11(16-13)8-18-2/h4-7H,3,8H2,1-2H3,(H,15,16,17). The van der Waals surface area contributed by atoms with Crippen molar-refractivity contribution in [3.8, 4) is 10.4 Å². The Labute approximate surface area is 130 Å². The van der Waals surface area contributed by atoms with Crippen molar-refractivity contribution in [3.63, 3.8) is 0 Å². The lowest BCUT2D eigenvalue weighted by atomic mass is 10.2. The molecule has 0 amide bonds. The Balaban J connectivity index is 2.19. The fourth-order valence-electron chi connectivity index (χ4n) is 2.09. The molecule has 0 spiro atoms. The first-order chi connectivity index (χ1) is 9.83. The second-order valence-electron chi connectivity index (χ2n) is 4.26. The number of fused-ring (bicyclic) bond motifs is 1. The third-order valence-electron chi connectivity index (χ3n) is 2.88. The average Bonchev–Trinajstić information content (AvgIpc) is 3.07. The quantitative estimate of drug-likeness (QED) is 0.738. The second-order valence-corrected chi connectivity index (χ2v) is 6.93. The highest BCUT2D eigenvalue weighted by molar-refractivity contribution is 7.97. The Morgan fingerprint density at radius 3 is 2.90 bits per heavy atom. The zero-order valence-electron chi connectivity index (χ0n) is 11.3. The first-order valence-electron chi connectivity index (χ1n) is 6.38. The minimum absolute atomic E-state index is 0.848. The van der Waals surface area contributed by atoms with Gasteiger partial charge in [-0.3, -0.25) is 0 Å². The SMILES string of the molecule is CCNc1nc(CSC)nc2scc(-c3cccs3)c12. The number of anilines is 1. The van der Waals surface area contributed by atoms with Gasteiger partial charge in [0.1, 0.15) is 16.5 Å². The Bertz CT molecular complexity index is 704. The molecule has 0 aliphatic carbocycles. The molecule has 1 N–H and O–H groups in total. The molecule has 0 aromatic carbocycles. The molecule has 0 saturated carbocycles. The summed E-state index contributed by atoms with van der Waals surface area (Å²) in [4.78, 5) is 11.7. The van der Waals surface area contributed by atoms with Gasteiger partial charge in [0, 0.05) is 22.4 Å². The summed E-state index contributed by atoms with van der Waals surface area (Å²) in [5.41, 5.74) is 1.24. The van der Waals surface area contributed by atoms with Crippen LogP contribution in [0.3, 0.4) is 0 Å². The van der Waals surface area contributed by atoms with Crippen molar-refractivity contribution < 1.29 is 0 Å². The van der Waals surface area contributed by atoms with Gasteiger partial charge in [-0.1, -0.05) is 6.07 Å². The fraction of sp³-hybridized carbons (Fsp3) is 0.286. The normalized spacial score (nSPS) is 11.1. The summed E-state index contributed by atoms with van der Waals surface area (Å²) < 4.78 is 0. The number of nitrogens with zero attached hydrogens (tertiary/aromatic N) is 2. The topological polar surface area (TPSA) is 37.8 Å². The molecule has 0 bridgehead atoms. The third-order valence-corrected chi connectivity index (χ3v) is 5.21. The molecular weight excluding hydrogens is 306 g/mol. The van der Waals surface area contributed by atoms with Gasteiger partial charge in [0.15, 0.2) is 0 Å². The molecule has 3 aromatic heterocycles. The van der Waals surface area contributed by atoms with Gasteiger partial charge in [-0.2, -0.15) is 11.8 Å². The fourth-order valence-corrected chi connectivity index (χ4v) is 4.26. The molecular formula is C14H15N3S3. The molecule has 0 fully saturated rings. The third kappa shape index (κ3) is 2.55. The minimum Gasteiger partial charge on any atom is -0.370 e. The summed E-state index contributed by atoms with van der Waals surface area (Å²) in [5.74, 6) is 2.72. The molecule has 0 saturated heterocycles. The Morgan fingerprint density at radius 2 is 2.20 bits per heavy atom. The van der Waals surface area contributed by atoms with Crippen LogP contribution in [0.5, 0.6) is 0 Å². The predicted molar refractivity (Wildman–Crippen MR) is 92.1 cm³/mol. The maximum Gasteiger partial charge on any atom is 0.142 e. The van der Waals surface area contributed by atoms with Crippen molar-refractivity contribution in [1.82, 2.24) is 9.97 Å². The summed E-state index contributed by atoms with van der Waals surface area (Å²) >= 11 is 5.20. The molecule has 3 heterocycles. The lowest BCUT2D eigenvalue weighted by Crippen LogP contribution is -2.03. The highest BCUT2D eigenvalue weighted by Gasteiger charge is 2.15. The van der Waals surface area contributed by atoms with E-state index in [9.17, 15) is 0 Å². The predicted octanol–water partition coefficient (Wildman–Crippen LogP) is 4.71. The van der Waals surface area contributed by atoms with Crippen LogP contribution in [-0.4, -0.2) is 22.8 Å². The van der Waals surface area contributed by atoms with E-state index in [0.717, 1.165) is 34.2 Å². The molecule has 0 atom stereocenters. The van der Waals surface area contributed by atoms with E-state index < -0.39 is 0 Å². The molecule has 0 aliphatic rings. The van der Waals surface area contributed by atoms with E-state index in [-0.39, 0.29) is 0 Å². The van der Waals surface area contributed by atoms with Crippen molar-refractivity contribution in [2.24, 2.45) is 0 Å². The Morgan fingerprint density at radius 1 is 1.30 bits per heavy atom. The number of thiophene rings is 2. The van der Waals surface area contributed by atoms with E-state index in [1.807, 2.05) is 0 Å². The van der Waals surface area contributed by atoms with Gasteiger partial charge in [-0.05, 0) is 24.6 Å². The molecule has 0 radical (unpaired) electrons. The van der Waals surface area contributed by atoms with Gasteiger partial charge in [0.05, 0.1) is 11.1 Å². The Kier molecular flexibility index (Phi) is 4.24. The summed E-state index contributed by atoms with van der Waals surface area (Å²) in [5, 5.41) is 8.84. The molecule has 3 rings (SSSR count). The zero-order valence-corrected chi connectivity index (χ0v) is 13.8. The van der Waals surface area contributed by atoms with Gasteiger partial charge in [-0.15, -0.1) is 22.7 Å². The Hall–Kier alpha value is -1.11. The number of rotatable bonds is 5. The van der Waals surface area contributed by atoms with Crippen LogP contribution < -0.4 is 5.32 Å². The summed E-state index contributed by atoms with van der Waals surface area (Å²) in [6.07, 6.45) is 2.08. The smallest absolute Gasteiger partial charge is 0.142 e. The highest BCUT2D eigenvalue weighted by atomic mass is 32.2. The van der Waals surface area contributed by atoms with Gasteiger partial charge in [0.2, 0.25) is 0 Å². The summed E-state index contributed by atoms with van der Waals surface area (Å²) in [6, 6.07) is 4.23. The molecule has 0 unspecified atom stereocenters. The van der Waals surface area contributed by atoms with E-state index in [2.05, 4.69) is 46.4 Å². The number of hydrogen-bond donors (Lipinski definition) is 1. The maximum atomic E-state index is 4.69. The van der Waals surface area contributed by atoms with Crippen LogP contribution in [0.1, 0.15) is 12.7 Å². The van der Waals surface area contributed by atoms with Crippen LogP contribution in [0.2, 0.25) is 0 Å². The lowest BCUT2D eigenvalue weighted by molar-refractivity contribution is 1.06. The number of thioether (sulfide) groups is 1. The molecule has 104 valence electrons. The zero-order chi connectivity index (χ0) is 13.9. The summed E-state index contributed by atoms with van der Waals surface area (Å²) in [6.45, 7) is 2.96. The van der Waals surface area contributed by atoms with E-state index in [0.29, 0.717) is 0 Å². The maximum absolute atomic E-state index is 4.69. The summed E-state index contributed by atoms with van der Waals surface area (Å²) in [7, 11) is 0. The molecule has 0 aliphatic heterocycles. The van der Waals surface area contributed by atoms with Crippen LogP contribution in [-0.2, 0) is 5.75 Å². The first-order valence-corrected chi connectivity index (χ1v) is 9.53. The minimum atomic E-state index is 0.848. The van der Waals surface area contributed by atoms with Gasteiger partial charge >= 0.3 is 0 Å². The number of aromatic nitrogens is 2. The average molecular weight is 321 g/mol. The molecule has 3 aromatic rings. The van der Waals surface area contributed by atoms with Crippen LogP contribution in [0, 0.1) is 0 Å². The monoisotopic (exact) mass is 321 g/mol. The number of nitrogens with one attached hydrogen (secondary N) is 1. The number of hydrogen-bond acceptors (Lipinski definition) is 6. The lowest BCUT2D eigenvalue weighted by Gasteiger charge is -2.08. The van der Waals surface area contributed by atoms with Crippen LogP contribution in [0.4, 0.5) is 5.82 Å². The van der Waals surface area contributed by atoms with Crippen molar-refractivity contribution in [2.45, 2.75) is 12.7 Å². The van der Waals surface area contributed by atoms with Crippen molar-refractivity contribution in [3.05, 3.63) is 28.7 Å². The van der Waals surface area contributed by atoms with E-state index in [1.54, 1.807) is 34.4 Å². The first kappa shape index (κ1) is 13.9. The van der Waals surface area contributed by atoms with E-state index in [1.165, 1.54) is 10.4 Å².